The van der Waals surface area contributed by atoms with Crippen LogP contribution in [0.15, 0.2) is 53.1 Å². The maximum Gasteiger partial charge on any atom is 0.206 e. The van der Waals surface area contributed by atoms with Crippen LogP contribution in [0.5, 0.6) is 11.5 Å². The zero-order valence-corrected chi connectivity index (χ0v) is 9.95. The van der Waals surface area contributed by atoms with E-state index in [4.69, 9.17) is 20.8 Å². The van der Waals surface area contributed by atoms with E-state index in [1.54, 1.807) is 36.4 Å². The quantitative estimate of drug-likeness (QED) is 0.647. The van der Waals surface area contributed by atoms with E-state index in [2.05, 4.69) is 0 Å². The first-order valence-corrected chi connectivity index (χ1v) is 5.71. The molecule has 0 aliphatic heterocycles. The first-order valence-electron chi connectivity index (χ1n) is 5.33. The molecule has 0 saturated heterocycles. The van der Waals surface area contributed by atoms with Gasteiger partial charge in [0.2, 0.25) is 5.75 Å². The van der Waals surface area contributed by atoms with E-state index in [0.717, 1.165) is 5.39 Å². The van der Waals surface area contributed by atoms with Crippen molar-refractivity contribution in [2.75, 3.05) is 0 Å². The second-order valence-corrected chi connectivity index (χ2v) is 4.21. The number of hydrogen-bond donors (Lipinski definition) is 0. The highest BCUT2D eigenvalue weighted by Crippen LogP contribution is 2.33. The summed E-state index contributed by atoms with van der Waals surface area (Å²) >= 11 is 5.85. The van der Waals surface area contributed by atoms with Gasteiger partial charge in [-0.1, -0.05) is 17.7 Å². The van der Waals surface area contributed by atoms with Crippen LogP contribution in [0, 0.1) is 5.82 Å². The monoisotopic (exact) mass is 262 g/mol. The summed E-state index contributed by atoms with van der Waals surface area (Å²) in [5.74, 6) is 0.0579. The second-order valence-electron chi connectivity index (χ2n) is 3.77. The largest absolute Gasteiger partial charge is 0.460 e. The molecular formula is C14H8ClFO2. The lowest BCUT2D eigenvalue weighted by Gasteiger charge is -2.07. The van der Waals surface area contributed by atoms with Gasteiger partial charge in [0, 0.05) is 10.4 Å². The van der Waals surface area contributed by atoms with E-state index in [1.807, 2.05) is 0 Å². The van der Waals surface area contributed by atoms with Crippen LogP contribution < -0.4 is 4.74 Å². The highest BCUT2D eigenvalue weighted by atomic mass is 35.5. The fourth-order valence-electron chi connectivity index (χ4n) is 1.73. The highest BCUT2D eigenvalue weighted by Gasteiger charge is 2.13. The summed E-state index contributed by atoms with van der Waals surface area (Å²) < 4.78 is 24.5. The molecule has 0 aliphatic carbocycles. The molecule has 0 radical (unpaired) electrons. The van der Waals surface area contributed by atoms with Crippen molar-refractivity contribution in [2.24, 2.45) is 0 Å². The summed E-state index contributed by atoms with van der Waals surface area (Å²) in [5, 5.41) is 1.31. The Hall–Kier alpha value is -2.00. The van der Waals surface area contributed by atoms with Crippen molar-refractivity contribution in [3.05, 3.63) is 59.6 Å². The van der Waals surface area contributed by atoms with Crippen molar-refractivity contribution in [3.8, 4) is 11.5 Å². The van der Waals surface area contributed by atoms with E-state index in [1.165, 1.54) is 12.3 Å². The Morgan fingerprint density at radius 1 is 1.11 bits per heavy atom. The Kier molecular flexibility index (Phi) is 2.68. The summed E-state index contributed by atoms with van der Waals surface area (Å²) in [6, 6.07) is 11.5. The van der Waals surface area contributed by atoms with Crippen molar-refractivity contribution < 1.29 is 13.5 Å². The molecule has 0 atom stereocenters. The van der Waals surface area contributed by atoms with E-state index >= 15 is 0 Å². The topological polar surface area (TPSA) is 22.4 Å². The molecule has 0 spiro atoms. The molecule has 90 valence electrons. The van der Waals surface area contributed by atoms with Crippen molar-refractivity contribution in [2.45, 2.75) is 0 Å². The third kappa shape index (κ3) is 1.93. The van der Waals surface area contributed by atoms with Crippen LogP contribution in [0.4, 0.5) is 4.39 Å². The fraction of sp³-hybridized carbons (Fsp3) is 0. The van der Waals surface area contributed by atoms with E-state index in [0.29, 0.717) is 16.4 Å². The lowest BCUT2D eigenvalue weighted by molar-refractivity contribution is 0.436. The van der Waals surface area contributed by atoms with Crippen LogP contribution >= 0.6 is 11.6 Å². The molecule has 1 aromatic heterocycles. The lowest BCUT2D eigenvalue weighted by Crippen LogP contribution is -1.88. The number of halogens is 2. The number of ether oxygens (including phenoxy) is 1. The summed E-state index contributed by atoms with van der Waals surface area (Å²) in [6.07, 6.45) is 1.49. The minimum atomic E-state index is -0.475. The molecule has 18 heavy (non-hydrogen) atoms. The molecule has 3 rings (SSSR count). The van der Waals surface area contributed by atoms with Gasteiger partial charge < -0.3 is 9.15 Å². The molecule has 0 saturated carbocycles. The van der Waals surface area contributed by atoms with Crippen molar-refractivity contribution in [1.82, 2.24) is 0 Å². The van der Waals surface area contributed by atoms with Gasteiger partial charge in [-0.25, -0.2) is 4.39 Å². The van der Waals surface area contributed by atoms with Gasteiger partial charge in [-0.05, 0) is 36.4 Å². The molecule has 2 aromatic carbocycles. The van der Waals surface area contributed by atoms with E-state index < -0.39 is 5.82 Å². The fourth-order valence-corrected chi connectivity index (χ4v) is 1.91. The van der Waals surface area contributed by atoms with Gasteiger partial charge in [-0.3, -0.25) is 0 Å². The third-order valence-electron chi connectivity index (χ3n) is 2.54. The second kappa shape index (κ2) is 4.35. The Morgan fingerprint density at radius 2 is 2.00 bits per heavy atom. The number of hydrogen-bond acceptors (Lipinski definition) is 2. The van der Waals surface area contributed by atoms with Gasteiger partial charge in [-0.15, -0.1) is 0 Å². The minimum Gasteiger partial charge on any atom is -0.460 e. The van der Waals surface area contributed by atoms with Gasteiger partial charge in [0.1, 0.15) is 5.75 Å². The summed E-state index contributed by atoms with van der Waals surface area (Å²) in [4.78, 5) is 0. The Labute approximate surface area is 108 Å². The van der Waals surface area contributed by atoms with Crippen molar-refractivity contribution >= 4 is 22.6 Å². The predicted octanol–water partition coefficient (Wildman–Crippen LogP) is 5.02. The zero-order chi connectivity index (χ0) is 12.5. The van der Waals surface area contributed by atoms with Crippen molar-refractivity contribution in [3.63, 3.8) is 0 Å². The molecule has 0 amide bonds. The molecule has 0 bridgehead atoms. The van der Waals surface area contributed by atoms with Crippen LogP contribution in [-0.4, -0.2) is 0 Å². The lowest BCUT2D eigenvalue weighted by atomic mass is 10.2. The summed E-state index contributed by atoms with van der Waals surface area (Å²) in [5.41, 5.74) is 0.384. The summed E-state index contributed by atoms with van der Waals surface area (Å²) in [7, 11) is 0. The first-order chi connectivity index (χ1) is 8.74. The smallest absolute Gasteiger partial charge is 0.206 e. The number of furan rings is 1. The van der Waals surface area contributed by atoms with Gasteiger partial charge >= 0.3 is 0 Å². The molecule has 0 N–H and O–H groups in total. The molecule has 3 aromatic rings. The first kappa shape index (κ1) is 11.1. The summed E-state index contributed by atoms with van der Waals surface area (Å²) in [6.45, 7) is 0. The van der Waals surface area contributed by atoms with Crippen LogP contribution in [0.1, 0.15) is 0 Å². The molecule has 0 fully saturated rings. The number of rotatable bonds is 2. The van der Waals surface area contributed by atoms with Crippen LogP contribution in [-0.2, 0) is 0 Å². The molecule has 4 heteroatoms. The van der Waals surface area contributed by atoms with Crippen LogP contribution in [0.2, 0.25) is 5.02 Å². The normalized spacial score (nSPS) is 10.8. The molecule has 0 unspecified atom stereocenters. The molecule has 1 heterocycles. The third-order valence-corrected chi connectivity index (χ3v) is 2.78. The minimum absolute atomic E-state index is 0.0692. The van der Waals surface area contributed by atoms with Crippen LogP contribution in [0.3, 0.4) is 0 Å². The predicted molar refractivity (Wildman–Crippen MR) is 67.7 cm³/mol. The SMILES string of the molecule is Fc1ccc2ccoc2c1Oc1cccc(Cl)c1. The van der Waals surface area contributed by atoms with Gasteiger partial charge in [0.15, 0.2) is 11.4 Å². The Morgan fingerprint density at radius 3 is 2.83 bits per heavy atom. The van der Waals surface area contributed by atoms with Crippen LogP contribution in [0.25, 0.3) is 11.0 Å². The standard InChI is InChI=1S/C14H8ClFO2/c15-10-2-1-3-11(8-10)18-14-12(16)5-4-9-6-7-17-13(9)14/h1-8H. The zero-order valence-electron chi connectivity index (χ0n) is 9.19. The van der Waals surface area contributed by atoms with Gasteiger partial charge in [0.25, 0.3) is 0 Å². The van der Waals surface area contributed by atoms with E-state index in [-0.39, 0.29) is 5.75 Å². The maximum atomic E-state index is 13.8. The van der Waals surface area contributed by atoms with E-state index in [9.17, 15) is 4.39 Å². The Balaban J connectivity index is 2.09. The average Bonchev–Trinajstić information content (AvgIpc) is 2.81. The Bertz CT molecular complexity index is 706. The average molecular weight is 263 g/mol. The molecule has 0 aliphatic rings. The molecule has 2 nitrogen and oxygen atoms in total. The maximum absolute atomic E-state index is 13.8. The van der Waals surface area contributed by atoms with Crippen molar-refractivity contribution in [1.29, 1.82) is 0 Å². The number of benzene rings is 2. The highest BCUT2D eigenvalue weighted by molar-refractivity contribution is 6.30. The van der Waals surface area contributed by atoms with Gasteiger partial charge in [0.05, 0.1) is 6.26 Å². The van der Waals surface area contributed by atoms with Gasteiger partial charge in [-0.2, -0.15) is 0 Å². The number of fused-ring (bicyclic) bond motifs is 1. The molecular weight excluding hydrogens is 255 g/mol.